The van der Waals surface area contributed by atoms with Gasteiger partial charge in [-0.1, -0.05) is 19.1 Å². The summed E-state index contributed by atoms with van der Waals surface area (Å²) < 4.78 is 15.8. The summed E-state index contributed by atoms with van der Waals surface area (Å²) in [7, 11) is 0. The van der Waals surface area contributed by atoms with Gasteiger partial charge in [0.25, 0.3) is 11.8 Å². The second-order valence-electron chi connectivity index (χ2n) is 6.60. The number of benzene rings is 2. The molecule has 0 unspecified atom stereocenters. The Morgan fingerprint density at radius 3 is 2.13 bits per heavy atom. The van der Waals surface area contributed by atoms with Crippen molar-refractivity contribution in [2.75, 3.05) is 19.8 Å². The SMILES string of the molecule is CCCOC(=O)c1ccc(OCC(=O)NNC(=O)COc2cc(C)ccc2C)cc1. The minimum atomic E-state index is -0.540. The molecule has 2 N–H and O–H groups in total. The number of hydrogen-bond donors (Lipinski definition) is 2. The zero-order chi connectivity index (χ0) is 21.9. The molecule has 0 radical (unpaired) electrons. The van der Waals surface area contributed by atoms with Gasteiger partial charge in [0.15, 0.2) is 13.2 Å². The van der Waals surface area contributed by atoms with Gasteiger partial charge in [-0.3, -0.25) is 20.4 Å². The Bertz CT molecular complexity index is 880. The number of aryl methyl sites for hydroxylation is 2. The Labute approximate surface area is 175 Å². The molecule has 2 aromatic carbocycles. The maximum atomic E-state index is 11.8. The van der Waals surface area contributed by atoms with E-state index in [1.807, 2.05) is 39.0 Å². The van der Waals surface area contributed by atoms with E-state index >= 15 is 0 Å². The lowest BCUT2D eigenvalue weighted by atomic mass is 10.1. The molecule has 160 valence electrons. The molecular formula is C22H26N2O6. The van der Waals surface area contributed by atoms with Gasteiger partial charge in [0, 0.05) is 0 Å². The van der Waals surface area contributed by atoms with Crippen LogP contribution in [0.15, 0.2) is 42.5 Å². The number of esters is 1. The van der Waals surface area contributed by atoms with Crippen LogP contribution in [0.3, 0.4) is 0 Å². The molecule has 2 amide bonds. The molecule has 0 atom stereocenters. The number of amides is 2. The number of carbonyl (C=O) groups is 3. The summed E-state index contributed by atoms with van der Waals surface area (Å²) in [6.45, 7) is 5.54. The molecule has 2 aromatic rings. The van der Waals surface area contributed by atoms with Crippen LogP contribution in [0.5, 0.6) is 11.5 Å². The van der Waals surface area contributed by atoms with Gasteiger partial charge in [-0.15, -0.1) is 0 Å². The first kappa shape index (κ1) is 22.7. The quantitative estimate of drug-likeness (QED) is 0.483. The third kappa shape index (κ3) is 7.46. The molecule has 0 heterocycles. The van der Waals surface area contributed by atoms with Crippen LogP contribution in [0.25, 0.3) is 0 Å². The molecule has 0 saturated heterocycles. The highest BCUT2D eigenvalue weighted by atomic mass is 16.5. The largest absolute Gasteiger partial charge is 0.484 e. The van der Waals surface area contributed by atoms with Crippen LogP contribution in [0.2, 0.25) is 0 Å². The van der Waals surface area contributed by atoms with Gasteiger partial charge in [-0.05, 0) is 61.7 Å². The molecule has 0 fully saturated rings. The van der Waals surface area contributed by atoms with Gasteiger partial charge in [0.2, 0.25) is 0 Å². The van der Waals surface area contributed by atoms with Crippen LogP contribution in [-0.4, -0.2) is 37.6 Å². The van der Waals surface area contributed by atoms with E-state index in [1.54, 1.807) is 24.3 Å². The standard InChI is InChI=1S/C22H26N2O6/c1-4-11-28-22(27)17-7-9-18(10-8-17)29-13-20(25)23-24-21(26)14-30-19-12-15(2)5-6-16(19)3/h5-10,12H,4,11,13-14H2,1-3H3,(H,23,25)(H,24,26). The van der Waals surface area contributed by atoms with Crippen molar-refractivity contribution >= 4 is 17.8 Å². The van der Waals surface area contributed by atoms with Gasteiger partial charge >= 0.3 is 5.97 Å². The van der Waals surface area contributed by atoms with Crippen molar-refractivity contribution in [2.24, 2.45) is 0 Å². The summed E-state index contributed by atoms with van der Waals surface area (Å²) >= 11 is 0. The van der Waals surface area contributed by atoms with Crippen molar-refractivity contribution in [1.82, 2.24) is 10.9 Å². The number of hydrazine groups is 1. The van der Waals surface area contributed by atoms with Gasteiger partial charge in [-0.2, -0.15) is 0 Å². The van der Waals surface area contributed by atoms with Crippen LogP contribution >= 0.6 is 0 Å². The Kier molecular flexibility index (Phi) is 8.68. The van der Waals surface area contributed by atoms with Crippen molar-refractivity contribution in [3.63, 3.8) is 0 Å². The average molecular weight is 414 g/mol. The number of nitrogens with one attached hydrogen (secondary N) is 2. The van der Waals surface area contributed by atoms with Crippen LogP contribution in [0.1, 0.15) is 34.8 Å². The van der Waals surface area contributed by atoms with E-state index < -0.39 is 17.8 Å². The third-order valence-corrected chi connectivity index (χ3v) is 3.94. The van der Waals surface area contributed by atoms with Gasteiger partial charge in [0.05, 0.1) is 12.2 Å². The molecule has 0 aromatic heterocycles. The first-order valence-corrected chi connectivity index (χ1v) is 9.56. The monoisotopic (exact) mass is 414 g/mol. The first-order valence-electron chi connectivity index (χ1n) is 9.56. The molecule has 0 aliphatic heterocycles. The van der Waals surface area contributed by atoms with Crippen molar-refractivity contribution < 1.29 is 28.6 Å². The molecule has 30 heavy (non-hydrogen) atoms. The maximum Gasteiger partial charge on any atom is 0.338 e. The lowest BCUT2D eigenvalue weighted by Crippen LogP contribution is -2.45. The zero-order valence-electron chi connectivity index (χ0n) is 17.3. The van der Waals surface area contributed by atoms with E-state index in [9.17, 15) is 14.4 Å². The van der Waals surface area contributed by atoms with E-state index in [1.165, 1.54) is 0 Å². The Balaban J connectivity index is 1.69. The fraction of sp³-hybridized carbons (Fsp3) is 0.318. The fourth-order valence-electron chi connectivity index (χ4n) is 2.33. The molecule has 2 rings (SSSR count). The molecule has 0 saturated carbocycles. The number of ether oxygens (including phenoxy) is 3. The van der Waals surface area contributed by atoms with Crippen molar-refractivity contribution in [3.8, 4) is 11.5 Å². The Hall–Kier alpha value is -3.55. The van der Waals surface area contributed by atoms with Crippen molar-refractivity contribution in [3.05, 3.63) is 59.2 Å². The predicted molar refractivity (Wildman–Crippen MR) is 110 cm³/mol. The molecule has 0 bridgehead atoms. The highest BCUT2D eigenvalue weighted by Gasteiger charge is 2.09. The summed E-state index contributed by atoms with van der Waals surface area (Å²) in [6.07, 6.45) is 0.746. The maximum absolute atomic E-state index is 11.8. The highest BCUT2D eigenvalue weighted by molar-refractivity contribution is 5.89. The van der Waals surface area contributed by atoms with Gasteiger partial charge in [0.1, 0.15) is 11.5 Å². The molecular weight excluding hydrogens is 388 g/mol. The van der Waals surface area contributed by atoms with Gasteiger partial charge in [-0.25, -0.2) is 4.79 Å². The zero-order valence-corrected chi connectivity index (χ0v) is 17.3. The van der Waals surface area contributed by atoms with E-state index in [2.05, 4.69) is 10.9 Å². The normalized spacial score (nSPS) is 10.1. The minimum Gasteiger partial charge on any atom is -0.484 e. The average Bonchev–Trinajstić information content (AvgIpc) is 2.75. The number of rotatable bonds is 9. The minimum absolute atomic E-state index is 0.235. The van der Waals surface area contributed by atoms with Crippen molar-refractivity contribution in [2.45, 2.75) is 27.2 Å². The third-order valence-electron chi connectivity index (χ3n) is 3.94. The van der Waals surface area contributed by atoms with E-state index in [0.29, 0.717) is 23.7 Å². The smallest absolute Gasteiger partial charge is 0.338 e. The number of hydrogen-bond acceptors (Lipinski definition) is 6. The predicted octanol–water partition coefficient (Wildman–Crippen LogP) is 2.48. The van der Waals surface area contributed by atoms with E-state index in [0.717, 1.165) is 17.5 Å². The molecule has 8 nitrogen and oxygen atoms in total. The molecule has 0 aliphatic rings. The lowest BCUT2D eigenvalue weighted by molar-refractivity contribution is -0.131. The van der Waals surface area contributed by atoms with E-state index in [-0.39, 0.29) is 13.2 Å². The van der Waals surface area contributed by atoms with Crippen LogP contribution in [0, 0.1) is 13.8 Å². The summed E-state index contributed by atoms with van der Waals surface area (Å²) in [5.41, 5.74) is 6.84. The van der Waals surface area contributed by atoms with Gasteiger partial charge < -0.3 is 14.2 Å². The first-order chi connectivity index (χ1) is 14.4. The summed E-state index contributed by atoms with van der Waals surface area (Å²) in [6, 6.07) is 11.9. The second-order valence-corrected chi connectivity index (χ2v) is 6.60. The highest BCUT2D eigenvalue weighted by Crippen LogP contribution is 2.18. The fourth-order valence-corrected chi connectivity index (χ4v) is 2.33. The van der Waals surface area contributed by atoms with Crippen LogP contribution in [0.4, 0.5) is 0 Å². The lowest BCUT2D eigenvalue weighted by Gasteiger charge is -2.11. The van der Waals surface area contributed by atoms with Crippen LogP contribution in [-0.2, 0) is 14.3 Å². The Morgan fingerprint density at radius 2 is 1.50 bits per heavy atom. The second kappa shape index (κ2) is 11.5. The van der Waals surface area contributed by atoms with Crippen molar-refractivity contribution in [1.29, 1.82) is 0 Å². The topological polar surface area (TPSA) is 103 Å². The summed E-state index contributed by atoms with van der Waals surface area (Å²) in [4.78, 5) is 35.4. The molecule has 0 spiro atoms. The number of carbonyl (C=O) groups excluding carboxylic acids is 3. The van der Waals surface area contributed by atoms with Crippen LogP contribution < -0.4 is 20.3 Å². The Morgan fingerprint density at radius 1 is 0.867 bits per heavy atom. The summed E-state index contributed by atoms with van der Waals surface area (Å²) in [5.74, 6) is -0.434. The molecule has 8 heteroatoms. The molecule has 0 aliphatic carbocycles. The van der Waals surface area contributed by atoms with E-state index in [4.69, 9.17) is 14.2 Å². The summed E-state index contributed by atoms with van der Waals surface area (Å²) in [5, 5.41) is 0.